The average molecular weight is 583 g/mol. The van der Waals surface area contributed by atoms with E-state index in [2.05, 4.69) is 25.5 Å². The van der Waals surface area contributed by atoms with Crippen LogP contribution in [0.15, 0.2) is 96.6 Å². The molecule has 43 heavy (non-hydrogen) atoms. The standard InChI is InChI=1S/C31H30N6O6/c38-15-25-27(39)28(40)31(43-25)37-19-34-26-29(32-18-33-30(26)37)36-35-14-22-11-12-23(41-16-20-7-3-1-4-8-20)24(13-22)42-17-21-9-5-2-6-10-21/h1-14,18-19,25,27-28,31,38-40H,15-17H2,(H,32,33,36)/t25-,27-,28-,31-/m1/s1. The van der Waals surface area contributed by atoms with E-state index in [1.165, 1.54) is 17.2 Å². The van der Waals surface area contributed by atoms with Crippen LogP contribution in [0.2, 0.25) is 0 Å². The molecule has 6 rings (SSSR count). The predicted molar refractivity (Wildman–Crippen MR) is 158 cm³/mol. The number of aromatic nitrogens is 4. The van der Waals surface area contributed by atoms with Gasteiger partial charge in [0.2, 0.25) is 0 Å². The first-order valence-electron chi connectivity index (χ1n) is 13.7. The van der Waals surface area contributed by atoms with E-state index in [0.29, 0.717) is 41.7 Å². The number of nitrogens with zero attached hydrogens (tertiary/aromatic N) is 5. The van der Waals surface area contributed by atoms with Crippen molar-refractivity contribution < 1.29 is 29.5 Å². The van der Waals surface area contributed by atoms with E-state index in [0.717, 1.165) is 16.7 Å². The summed E-state index contributed by atoms with van der Waals surface area (Å²) < 4.78 is 19.3. The van der Waals surface area contributed by atoms with Gasteiger partial charge in [-0.1, -0.05) is 60.7 Å². The number of aliphatic hydroxyl groups excluding tert-OH is 3. The van der Waals surface area contributed by atoms with Gasteiger partial charge in [-0.05, 0) is 34.9 Å². The zero-order chi connectivity index (χ0) is 29.6. The zero-order valence-electron chi connectivity index (χ0n) is 23.0. The van der Waals surface area contributed by atoms with Crippen LogP contribution in [0.4, 0.5) is 5.82 Å². The Morgan fingerprint density at radius 1 is 0.860 bits per heavy atom. The number of rotatable bonds is 11. The lowest BCUT2D eigenvalue weighted by molar-refractivity contribution is -0.0511. The minimum absolute atomic E-state index is 0.329. The summed E-state index contributed by atoms with van der Waals surface area (Å²) >= 11 is 0. The molecule has 0 bridgehead atoms. The molecule has 0 radical (unpaired) electrons. The number of aliphatic hydroxyl groups is 3. The lowest BCUT2D eigenvalue weighted by Gasteiger charge is -2.16. The highest BCUT2D eigenvalue weighted by Gasteiger charge is 2.44. The van der Waals surface area contributed by atoms with Crippen molar-refractivity contribution in [1.82, 2.24) is 19.5 Å². The molecule has 4 N–H and O–H groups in total. The van der Waals surface area contributed by atoms with Crippen molar-refractivity contribution >= 4 is 23.2 Å². The maximum absolute atomic E-state index is 10.4. The summed E-state index contributed by atoms with van der Waals surface area (Å²) in [6.07, 6.45) is -0.0240. The van der Waals surface area contributed by atoms with Crippen LogP contribution < -0.4 is 14.9 Å². The highest BCUT2D eigenvalue weighted by atomic mass is 16.6. The Morgan fingerprint density at radius 2 is 1.56 bits per heavy atom. The molecule has 0 amide bonds. The van der Waals surface area contributed by atoms with E-state index in [1.54, 1.807) is 6.21 Å². The fourth-order valence-electron chi connectivity index (χ4n) is 4.71. The van der Waals surface area contributed by atoms with E-state index in [4.69, 9.17) is 14.2 Å². The van der Waals surface area contributed by atoms with Crippen molar-refractivity contribution in [3.8, 4) is 11.5 Å². The van der Waals surface area contributed by atoms with Gasteiger partial charge in [0, 0.05) is 0 Å². The van der Waals surface area contributed by atoms with Gasteiger partial charge in [-0.2, -0.15) is 5.10 Å². The summed E-state index contributed by atoms with van der Waals surface area (Å²) in [6, 6.07) is 25.3. The van der Waals surface area contributed by atoms with Crippen molar-refractivity contribution in [1.29, 1.82) is 0 Å². The second-order valence-corrected chi connectivity index (χ2v) is 9.90. The third-order valence-electron chi connectivity index (χ3n) is 6.98. The summed E-state index contributed by atoms with van der Waals surface area (Å²) in [4.78, 5) is 12.9. The largest absolute Gasteiger partial charge is 0.485 e. The summed E-state index contributed by atoms with van der Waals surface area (Å²) in [5.41, 5.74) is 6.47. The molecule has 0 saturated carbocycles. The number of ether oxygens (including phenoxy) is 3. The lowest BCUT2D eigenvalue weighted by Crippen LogP contribution is -2.33. The number of hydrogen-bond donors (Lipinski definition) is 4. The van der Waals surface area contributed by atoms with Crippen molar-refractivity contribution in [2.75, 3.05) is 12.0 Å². The minimum Gasteiger partial charge on any atom is -0.485 e. The molecule has 0 aliphatic carbocycles. The van der Waals surface area contributed by atoms with Gasteiger partial charge in [-0.25, -0.2) is 15.0 Å². The van der Waals surface area contributed by atoms with E-state index in [9.17, 15) is 15.3 Å². The molecule has 3 heterocycles. The molecule has 220 valence electrons. The Bertz CT molecular complexity index is 1680. The Kier molecular flexibility index (Phi) is 8.52. The number of hydrogen-bond acceptors (Lipinski definition) is 11. The van der Waals surface area contributed by atoms with Gasteiger partial charge in [-0.15, -0.1) is 0 Å². The van der Waals surface area contributed by atoms with Crippen LogP contribution in [0, 0.1) is 0 Å². The van der Waals surface area contributed by atoms with Crippen molar-refractivity contribution in [3.63, 3.8) is 0 Å². The predicted octanol–water partition coefficient (Wildman–Crippen LogP) is 3.04. The number of anilines is 1. The molecule has 1 fully saturated rings. The second kappa shape index (κ2) is 13.0. The molecule has 0 spiro atoms. The summed E-state index contributed by atoms with van der Waals surface area (Å²) in [7, 11) is 0. The van der Waals surface area contributed by atoms with Gasteiger partial charge >= 0.3 is 0 Å². The minimum atomic E-state index is -1.27. The van der Waals surface area contributed by atoms with Crippen LogP contribution in [0.3, 0.4) is 0 Å². The van der Waals surface area contributed by atoms with Crippen LogP contribution in [0.25, 0.3) is 11.2 Å². The van der Waals surface area contributed by atoms with E-state index in [1.807, 2.05) is 78.9 Å². The fourth-order valence-corrected chi connectivity index (χ4v) is 4.71. The van der Waals surface area contributed by atoms with Crippen molar-refractivity contribution in [2.24, 2.45) is 5.10 Å². The molecular formula is C31H30N6O6. The smallest absolute Gasteiger partial charge is 0.177 e. The summed E-state index contributed by atoms with van der Waals surface area (Å²) in [5, 5.41) is 34.3. The second-order valence-electron chi connectivity index (χ2n) is 9.90. The molecule has 12 heteroatoms. The first kappa shape index (κ1) is 28.2. The molecule has 2 aromatic heterocycles. The molecule has 1 aliphatic heterocycles. The van der Waals surface area contributed by atoms with Crippen molar-refractivity contribution in [2.45, 2.75) is 37.8 Å². The molecule has 1 aliphatic rings. The molecule has 0 unspecified atom stereocenters. The normalized spacial score (nSPS) is 20.1. The van der Waals surface area contributed by atoms with Crippen LogP contribution in [-0.4, -0.2) is 66.0 Å². The maximum atomic E-state index is 10.4. The monoisotopic (exact) mass is 582 g/mol. The van der Waals surface area contributed by atoms with Crippen molar-refractivity contribution in [3.05, 3.63) is 108 Å². The summed E-state index contributed by atoms with van der Waals surface area (Å²) in [5.74, 6) is 1.51. The van der Waals surface area contributed by atoms with Crippen LogP contribution in [0.1, 0.15) is 22.9 Å². The first-order chi connectivity index (χ1) is 21.1. The highest BCUT2D eigenvalue weighted by molar-refractivity contribution is 5.85. The SMILES string of the molecule is OC[C@H]1O[C@@H](n2cnc3c(NN=Cc4ccc(OCc5ccccc5)c(OCc5ccccc5)c4)ncnc32)[C@H](O)[C@@H]1O. The van der Waals surface area contributed by atoms with Crippen LogP contribution >= 0.6 is 0 Å². The third-order valence-corrected chi connectivity index (χ3v) is 6.98. The van der Waals surface area contributed by atoms with E-state index >= 15 is 0 Å². The Labute approximate surface area is 246 Å². The number of hydrazone groups is 1. The summed E-state index contributed by atoms with van der Waals surface area (Å²) in [6.45, 7) is 0.339. The molecule has 1 saturated heterocycles. The quantitative estimate of drug-likeness (QED) is 0.135. The van der Waals surface area contributed by atoms with E-state index in [-0.39, 0.29) is 0 Å². The average Bonchev–Trinajstić information content (AvgIpc) is 3.61. The Morgan fingerprint density at radius 3 is 2.23 bits per heavy atom. The van der Waals surface area contributed by atoms with Crippen LogP contribution in [-0.2, 0) is 18.0 Å². The molecule has 4 atom stereocenters. The van der Waals surface area contributed by atoms with Gasteiger partial charge in [0.1, 0.15) is 37.9 Å². The third kappa shape index (κ3) is 6.32. The fraction of sp³-hybridized carbons (Fsp3) is 0.226. The highest BCUT2D eigenvalue weighted by Crippen LogP contribution is 2.32. The van der Waals surface area contributed by atoms with Crippen LogP contribution in [0.5, 0.6) is 11.5 Å². The molecule has 5 aromatic rings. The van der Waals surface area contributed by atoms with Gasteiger partial charge in [0.05, 0.1) is 19.1 Å². The zero-order valence-corrected chi connectivity index (χ0v) is 23.0. The number of fused-ring (bicyclic) bond motifs is 1. The first-order valence-corrected chi connectivity index (χ1v) is 13.7. The van der Waals surface area contributed by atoms with E-state index < -0.39 is 31.1 Å². The molecular weight excluding hydrogens is 552 g/mol. The van der Waals surface area contributed by atoms with Gasteiger partial charge in [-0.3, -0.25) is 9.99 Å². The lowest BCUT2D eigenvalue weighted by atomic mass is 10.1. The van der Waals surface area contributed by atoms with Gasteiger partial charge in [0.25, 0.3) is 0 Å². The Balaban J connectivity index is 1.19. The maximum Gasteiger partial charge on any atom is 0.177 e. The number of benzene rings is 3. The molecule has 12 nitrogen and oxygen atoms in total. The number of nitrogens with one attached hydrogen (secondary N) is 1. The van der Waals surface area contributed by atoms with Gasteiger partial charge in [0.15, 0.2) is 34.7 Å². The Hall–Kier alpha value is -4.88. The molecule has 3 aromatic carbocycles. The van der Waals surface area contributed by atoms with Gasteiger partial charge < -0.3 is 29.5 Å². The topological polar surface area (TPSA) is 156 Å². The number of imidazole rings is 1.